The molecule has 1 radical (unpaired) electrons. The molecule has 0 aliphatic carbocycles. The van der Waals surface area contributed by atoms with Crippen molar-refractivity contribution in [3.8, 4) is 0 Å². The van der Waals surface area contributed by atoms with Crippen LogP contribution in [0.3, 0.4) is 0 Å². The average Bonchev–Trinajstić information content (AvgIpc) is 1.80. The van der Waals surface area contributed by atoms with Gasteiger partial charge < -0.3 is 0 Å². The second kappa shape index (κ2) is 4.33. The van der Waals surface area contributed by atoms with E-state index in [0.717, 1.165) is 5.56 Å². The van der Waals surface area contributed by atoms with Crippen LogP contribution in [0.4, 0.5) is 0 Å². The summed E-state index contributed by atoms with van der Waals surface area (Å²) in [6.45, 7) is 3.68. The zero-order chi connectivity index (χ0) is 6.85. The van der Waals surface area contributed by atoms with E-state index in [1.54, 1.807) is 12.1 Å². The molecule has 0 aliphatic heterocycles. The fourth-order valence-corrected chi connectivity index (χ4v) is 0.860. The number of hydrogen-bond donors (Lipinski definition) is 0. The van der Waals surface area contributed by atoms with Crippen LogP contribution in [0.15, 0.2) is 18.2 Å². The van der Waals surface area contributed by atoms with Crippen LogP contribution in [-0.4, -0.2) is 0 Å². The quantitative estimate of drug-likeness (QED) is 0.595. The van der Waals surface area contributed by atoms with Gasteiger partial charge in [-0.2, -0.15) is 0 Å². The standard InChI is InChI=1S/C7H5Cl2.Zn/c1-5-2-3-6(8)7(9)4-5;/h2-4H,1H2;. The third-order valence-electron chi connectivity index (χ3n) is 0.984. The van der Waals surface area contributed by atoms with E-state index in [9.17, 15) is 0 Å². The summed E-state index contributed by atoms with van der Waals surface area (Å²) in [5.74, 6) is 0. The molecule has 10 heavy (non-hydrogen) atoms. The van der Waals surface area contributed by atoms with Gasteiger partial charge in [0.2, 0.25) is 0 Å². The first kappa shape index (κ1) is 10.4. The van der Waals surface area contributed by atoms with Crippen molar-refractivity contribution in [3.63, 3.8) is 0 Å². The van der Waals surface area contributed by atoms with Gasteiger partial charge in [0.1, 0.15) is 0 Å². The Hall–Kier alpha value is 0.423. The van der Waals surface area contributed by atoms with Gasteiger partial charge in [0.05, 0.1) is 10.0 Å². The van der Waals surface area contributed by atoms with Crippen LogP contribution < -0.4 is 0 Å². The normalized spacial score (nSPS) is 8.70. The molecular weight excluding hydrogens is 220 g/mol. The molecule has 3 heteroatoms. The third-order valence-corrected chi connectivity index (χ3v) is 1.72. The molecule has 0 nitrogen and oxygen atoms in total. The minimum Gasteiger partial charge on any atom is -0.0827 e. The first-order valence-electron chi connectivity index (χ1n) is 2.47. The molecule has 0 fully saturated rings. The summed E-state index contributed by atoms with van der Waals surface area (Å²) in [6, 6.07) is 5.27. The smallest absolute Gasteiger partial charge is 0.0595 e. The van der Waals surface area contributed by atoms with Gasteiger partial charge in [0, 0.05) is 19.5 Å². The van der Waals surface area contributed by atoms with Crippen LogP contribution in [0.1, 0.15) is 5.56 Å². The Morgan fingerprint density at radius 1 is 1.10 bits per heavy atom. The van der Waals surface area contributed by atoms with E-state index in [0.29, 0.717) is 10.0 Å². The zero-order valence-electron chi connectivity index (χ0n) is 5.40. The van der Waals surface area contributed by atoms with E-state index in [2.05, 4.69) is 6.92 Å². The van der Waals surface area contributed by atoms with Crippen molar-refractivity contribution < 1.29 is 19.5 Å². The first-order valence-corrected chi connectivity index (χ1v) is 3.23. The maximum absolute atomic E-state index is 5.64. The minimum atomic E-state index is 0. The molecule has 0 heterocycles. The van der Waals surface area contributed by atoms with Gasteiger partial charge in [-0.15, -0.1) is 0 Å². The van der Waals surface area contributed by atoms with Gasteiger partial charge in [-0.25, -0.2) is 0 Å². The van der Waals surface area contributed by atoms with Gasteiger partial charge >= 0.3 is 0 Å². The monoisotopic (exact) mass is 223 g/mol. The van der Waals surface area contributed by atoms with Crippen molar-refractivity contribution in [2.45, 2.75) is 0 Å². The number of hydrogen-bond acceptors (Lipinski definition) is 0. The minimum absolute atomic E-state index is 0. The second-order valence-electron chi connectivity index (χ2n) is 1.75. The van der Waals surface area contributed by atoms with Crippen LogP contribution in [0, 0.1) is 6.92 Å². The van der Waals surface area contributed by atoms with E-state index < -0.39 is 0 Å². The molecule has 0 saturated heterocycles. The Bertz CT molecular complexity index is 223. The fraction of sp³-hybridized carbons (Fsp3) is 0. The van der Waals surface area contributed by atoms with Gasteiger partial charge in [0.25, 0.3) is 0 Å². The van der Waals surface area contributed by atoms with Crippen LogP contribution in [0.5, 0.6) is 0 Å². The SMILES string of the molecule is [CH2]c1ccc(Cl)c(Cl)c1.[Zn]. The number of halogens is 2. The molecule has 0 saturated carbocycles. The van der Waals surface area contributed by atoms with Crippen molar-refractivity contribution in [1.29, 1.82) is 0 Å². The van der Waals surface area contributed by atoms with E-state index in [1.807, 2.05) is 6.07 Å². The molecule has 0 atom stereocenters. The van der Waals surface area contributed by atoms with E-state index >= 15 is 0 Å². The van der Waals surface area contributed by atoms with Crippen molar-refractivity contribution in [2.24, 2.45) is 0 Å². The number of benzene rings is 1. The molecule has 1 aromatic carbocycles. The van der Waals surface area contributed by atoms with Crippen LogP contribution >= 0.6 is 23.2 Å². The topological polar surface area (TPSA) is 0 Å². The van der Waals surface area contributed by atoms with Crippen molar-refractivity contribution in [1.82, 2.24) is 0 Å². The summed E-state index contributed by atoms with van der Waals surface area (Å²) < 4.78 is 0. The van der Waals surface area contributed by atoms with Gasteiger partial charge in [-0.05, 0) is 24.6 Å². The summed E-state index contributed by atoms with van der Waals surface area (Å²) in [5, 5.41) is 1.13. The molecule has 0 amide bonds. The van der Waals surface area contributed by atoms with Crippen LogP contribution in [-0.2, 0) is 19.5 Å². The summed E-state index contributed by atoms with van der Waals surface area (Å²) >= 11 is 11.3. The Labute approximate surface area is 83.3 Å². The molecule has 0 bridgehead atoms. The summed E-state index contributed by atoms with van der Waals surface area (Å²) in [7, 11) is 0. The van der Waals surface area contributed by atoms with Crippen molar-refractivity contribution in [2.75, 3.05) is 0 Å². The molecule has 0 aliphatic rings. The van der Waals surface area contributed by atoms with Crippen LogP contribution in [0.25, 0.3) is 0 Å². The molecule has 0 spiro atoms. The predicted octanol–water partition coefficient (Wildman–Crippen LogP) is 3.17. The molecule has 0 N–H and O–H groups in total. The van der Waals surface area contributed by atoms with Crippen molar-refractivity contribution >= 4 is 23.2 Å². The maximum atomic E-state index is 5.64. The fourth-order valence-electron chi connectivity index (χ4n) is 0.540. The molecular formula is C7H5Cl2Zn. The molecule has 0 aromatic heterocycles. The molecule has 1 rings (SSSR count). The third kappa shape index (κ3) is 2.58. The summed E-state index contributed by atoms with van der Waals surface area (Å²) in [6.07, 6.45) is 0. The summed E-state index contributed by atoms with van der Waals surface area (Å²) in [4.78, 5) is 0. The Balaban J connectivity index is 0.000000810. The predicted molar refractivity (Wildman–Crippen MR) is 40.9 cm³/mol. The van der Waals surface area contributed by atoms with Gasteiger partial charge in [0.15, 0.2) is 0 Å². The largest absolute Gasteiger partial charge is 0.0827 e. The average molecular weight is 225 g/mol. The Morgan fingerprint density at radius 3 is 2.10 bits per heavy atom. The second-order valence-corrected chi connectivity index (χ2v) is 2.56. The molecule has 0 unspecified atom stereocenters. The van der Waals surface area contributed by atoms with E-state index in [-0.39, 0.29) is 19.5 Å². The maximum Gasteiger partial charge on any atom is 0.0595 e. The Kier molecular flexibility index (Phi) is 4.52. The van der Waals surface area contributed by atoms with Crippen LogP contribution in [0.2, 0.25) is 10.0 Å². The Morgan fingerprint density at radius 2 is 1.70 bits per heavy atom. The first-order chi connectivity index (χ1) is 4.20. The van der Waals surface area contributed by atoms with E-state index in [4.69, 9.17) is 23.2 Å². The van der Waals surface area contributed by atoms with Gasteiger partial charge in [-0.1, -0.05) is 29.3 Å². The molecule has 49 valence electrons. The summed E-state index contributed by atoms with van der Waals surface area (Å²) in [5.41, 5.74) is 0.879. The van der Waals surface area contributed by atoms with Gasteiger partial charge in [-0.3, -0.25) is 0 Å². The van der Waals surface area contributed by atoms with E-state index in [1.165, 1.54) is 0 Å². The zero-order valence-corrected chi connectivity index (χ0v) is 9.88. The van der Waals surface area contributed by atoms with Crippen molar-refractivity contribution in [3.05, 3.63) is 40.7 Å². The molecule has 1 aromatic rings. The number of rotatable bonds is 0.